The molecule has 2 saturated heterocycles. The lowest BCUT2D eigenvalue weighted by Gasteiger charge is -2.56. The topological polar surface area (TPSA) is 47.0 Å². The molecular weight excluding hydrogens is 369 g/mol. The van der Waals surface area contributed by atoms with Crippen molar-refractivity contribution in [3.8, 4) is 0 Å². The summed E-state index contributed by atoms with van der Waals surface area (Å²) in [4.78, 5) is 19.3. The second-order valence-corrected chi connectivity index (χ2v) is 8.39. The van der Waals surface area contributed by atoms with Crippen molar-refractivity contribution in [1.29, 1.82) is 0 Å². The summed E-state index contributed by atoms with van der Waals surface area (Å²) >= 11 is 0. The molecule has 29 heavy (non-hydrogen) atoms. The Morgan fingerprint density at radius 3 is 2.55 bits per heavy atom. The van der Waals surface area contributed by atoms with Gasteiger partial charge >= 0.3 is 0 Å². The summed E-state index contributed by atoms with van der Waals surface area (Å²) in [5, 5.41) is 10.2. The molecule has 2 aromatic rings. The van der Waals surface area contributed by atoms with E-state index in [1.807, 2.05) is 18.2 Å². The molecule has 4 rings (SSSR count). The van der Waals surface area contributed by atoms with Gasteiger partial charge in [0.05, 0.1) is 17.7 Å². The summed E-state index contributed by atoms with van der Waals surface area (Å²) in [5.41, 5.74) is 1.00. The Kier molecular flexibility index (Phi) is 5.67. The summed E-state index contributed by atoms with van der Waals surface area (Å²) in [6.07, 6.45) is 0. The summed E-state index contributed by atoms with van der Waals surface area (Å²) in [6.45, 7) is 6.30. The average Bonchev–Trinajstić information content (AvgIpc) is 2.74. The van der Waals surface area contributed by atoms with Gasteiger partial charge in [0.25, 0.3) is 5.91 Å². The predicted octanol–water partition coefficient (Wildman–Crippen LogP) is 2.22. The quantitative estimate of drug-likeness (QED) is 0.860. The molecule has 1 amide bonds. The number of halogens is 1. The van der Waals surface area contributed by atoms with Crippen molar-refractivity contribution in [1.82, 2.24) is 14.7 Å². The number of nitrogens with zero attached hydrogens (tertiary/aromatic N) is 3. The second-order valence-electron chi connectivity index (χ2n) is 8.39. The molecule has 5 nitrogen and oxygen atoms in total. The van der Waals surface area contributed by atoms with Gasteiger partial charge in [0, 0.05) is 45.3 Å². The van der Waals surface area contributed by atoms with E-state index in [0.29, 0.717) is 19.6 Å². The number of rotatable bonds is 4. The normalized spacial score (nSPS) is 25.6. The van der Waals surface area contributed by atoms with Crippen molar-refractivity contribution >= 4 is 5.91 Å². The monoisotopic (exact) mass is 397 g/mol. The molecule has 6 heteroatoms. The highest BCUT2D eigenvalue weighted by molar-refractivity contribution is 5.94. The van der Waals surface area contributed by atoms with E-state index >= 15 is 0 Å². The number of aliphatic hydroxyl groups is 1. The number of hydrogen-bond donors (Lipinski definition) is 1. The minimum absolute atomic E-state index is 0.0655. The molecule has 0 aliphatic carbocycles. The molecule has 0 aromatic heterocycles. The number of amides is 1. The highest BCUT2D eigenvalue weighted by atomic mass is 19.1. The van der Waals surface area contributed by atoms with Gasteiger partial charge in [-0.25, -0.2) is 4.39 Å². The number of benzene rings is 2. The van der Waals surface area contributed by atoms with Crippen LogP contribution >= 0.6 is 0 Å². The molecule has 154 valence electrons. The zero-order chi connectivity index (χ0) is 20.4. The molecule has 1 N–H and O–H groups in total. The van der Waals surface area contributed by atoms with Crippen molar-refractivity contribution in [2.24, 2.45) is 0 Å². The Morgan fingerprint density at radius 1 is 1.10 bits per heavy atom. The Labute approximate surface area is 171 Å². The number of aliphatic hydroxyl groups excluding tert-OH is 1. The van der Waals surface area contributed by atoms with Crippen LogP contribution in [0.25, 0.3) is 0 Å². The molecule has 2 heterocycles. The minimum atomic E-state index is -0.477. The van der Waals surface area contributed by atoms with Crippen molar-refractivity contribution < 1.29 is 14.3 Å². The van der Waals surface area contributed by atoms with Crippen LogP contribution in [0.2, 0.25) is 0 Å². The highest BCUT2D eigenvalue weighted by Gasteiger charge is 2.45. The first-order chi connectivity index (χ1) is 14.0. The van der Waals surface area contributed by atoms with Gasteiger partial charge in [0.1, 0.15) is 5.82 Å². The fourth-order valence-corrected chi connectivity index (χ4v) is 4.75. The molecule has 0 saturated carbocycles. The Bertz CT molecular complexity index is 862. The third-order valence-electron chi connectivity index (χ3n) is 6.19. The van der Waals surface area contributed by atoms with E-state index < -0.39 is 5.82 Å². The summed E-state index contributed by atoms with van der Waals surface area (Å²) < 4.78 is 14.1. The van der Waals surface area contributed by atoms with Gasteiger partial charge in [-0.3, -0.25) is 14.6 Å². The number of hydrogen-bond acceptors (Lipinski definition) is 4. The maximum atomic E-state index is 14.1. The second kappa shape index (κ2) is 8.22. The zero-order valence-corrected chi connectivity index (χ0v) is 16.8. The van der Waals surface area contributed by atoms with Crippen LogP contribution < -0.4 is 0 Å². The van der Waals surface area contributed by atoms with Crippen LogP contribution in [0.15, 0.2) is 54.6 Å². The average molecular weight is 397 g/mol. The third kappa shape index (κ3) is 4.06. The van der Waals surface area contributed by atoms with Crippen LogP contribution in [0.3, 0.4) is 0 Å². The lowest BCUT2D eigenvalue weighted by Crippen LogP contribution is -2.72. The minimum Gasteiger partial charge on any atom is -0.394 e. The van der Waals surface area contributed by atoms with E-state index in [0.717, 1.165) is 19.6 Å². The number of fused-ring (bicyclic) bond motifs is 1. The largest absolute Gasteiger partial charge is 0.394 e. The third-order valence-corrected chi connectivity index (χ3v) is 6.19. The smallest absolute Gasteiger partial charge is 0.256 e. The Hall–Kier alpha value is -2.28. The van der Waals surface area contributed by atoms with E-state index in [4.69, 9.17) is 0 Å². The van der Waals surface area contributed by atoms with Crippen LogP contribution in [-0.2, 0) is 6.54 Å². The van der Waals surface area contributed by atoms with Crippen LogP contribution in [0.5, 0.6) is 0 Å². The van der Waals surface area contributed by atoms with Crippen LogP contribution in [0.1, 0.15) is 22.8 Å². The van der Waals surface area contributed by atoms with Crippen molar-refractivity contribution in [3.63, 3.8) is 0 Å². The SMILES string of the molecule is CC1(CO)CN(Cc2ccccc2)CC2CN(C(=O)c3ccccc3F)CCN21. The van der Waals surface area contributed by atoms with E-state index in [1.54, 1.807) is 23.1 Å². The van der Waals surface area contributed by atoms with E-state index in [2.05, 4.69) is 28.9 Å². The number of carbonyl (C=O) groups excluding carboxylic acids is 1. The van der Waals surface area contributed by atoms with Crippen LogP contribution in [0.4, 0.5) is 4.39 Å². The van der Waals surface area contributed by atoms with Gasteiger partial charge < -0.3 is 10.0 Å². The van der Waals surface area contributed by atoms with Gasteiger partial charge in [0.2, 0.25) is 0 Å². The molecule has 2 atom stereocenters. The first kappa shape index (κ1) is 20.0. The lowest BCUT2D eigenvalue weighted by atomic mass is 9.91. The molecule has 2 aliphatic rings. The van der Waals surface area contributed by atoms with Crippen molar-refractivity contribution in [2.45, 2.75) is 25.0 Å². The van der Waals surface area contributed by atoms with Gasteiger partial charge in [0.15, 0.2) is 0 Å². The molecule has 2 aromatic carbocycles. The molecule has 0 spiro atoms. The summed E-state index contributed by atoms with van der Waals surface area (Å²) in [5.74, 6) is -0.733. The lowest BCUT2D eigenvalue weighted by molar-refractivity contribution is -0.0890. The first-order valence-corrected chi connectivity index (χ1v) is 10.2. The molecule has 2 unspecified atom stereocenters. The molecular formula is C23H28FN3O2. The van der Waals surface area contributed by atoms with Crippen molar-refractivity contribution in [3.05, 3.63) is 71.5 Å². The van der Waals surface area contributed by atoms with Gasteiger partial charge in [-0.15, -0.1) is 0 Å². The molecule has 2 aliphatic heterocycles. The van der Waals surface area contributed by atoms with E-state index in [9.17, 15) is 14.3 Å². The summed E-state index contributed by atoms with van der Waals surface area (Å²) in [7, 11) is 0. The number of carbonyl (C=O) groups is 1. The predicted molar refractivity (Wildman–Crippen MR) is 110 cm³/mol. The highest BCUT2D eigenvalue weighted by Crippen LogP contribution is 2.29. The maximum absolute atomic E-state index is 14.1. The fraction of sp³-hybridized carbons (Fsp3) is 0.435. The fourth-order valence-electron chi connectivity index (χ4n) is 4.75. The Balaban J connectivity index is 1.52. The van der Waals surface area contributed by atoms with Crippen LogP contribution in [0, 0.1) is 5.82 Å². The molecule has 2 fully saturated rings. The van der Waals surface area contributed by atoms with E-state index in [1.165, 1.54) is 11.6 Å². The van der Waals surface area contributed by atoms with Gasteiger partial charge in [-0.1, -0.05) is 42.5 Å². The van der Waals surface area contributed by atoms with Gasteiger partial charge in [-0.2, -0.15) is 0 Å². The summed E-state index contributed by atoms with van der Waals surface area (Å²) in [6, 6.07) is 16.6. The molecule has 0 bridgehead atoms. The van der Waals surface area contributed by atoms with Crippen LogP contribution in [-0.4, -0.2) is 76.6 Å². The Morgan fingerprint density at radius 2 is 1.83 bits per heavy atom. The maximum Gasteiger partial charge on any atom is 0.256 e. The first-order valence-electron chi connectivity index (χ1n) is 10.2. The standard InChI is InChI=1S/C23H28FN3O2/c1-23(17-28)16-25(13-18-7-3-2-4-8-18)14-19-15-26(11-12-27(19)23)22(29)20-9-5-6-10-21(20)24/h2-10,19,28H,11-17H2,1H3. The van der Waals surface area contributed by atoms with E-state index in [-0.39, 0.29) is 29.7 Å². The zero-order valence-electron chi connectivity index (χ0n) is 16.8. The molecule has 0 radical (unpaired) electrons. The van der Waals surface area contributed by atoms with Gasteiger partial charge in [-0.05, 0) is 24.6 Å². The number of piperazine rings is 2. The van der Waals surface area contributed by atoms with Crippen molar-refractivity contribution in [2.75, 3.05) is 39.3 Å².